The molecule has 0 aromatic heterocycles. The van der Waals surface area contributed by atoms with Gasteiger partial charge in [0.15, 0.2) is 0 Å². The van der Waals surface area contributed by atoms with Crippen molar-refractivity contribution in [3.8, 4) is 0 Å². The summed E-state index contributed by atoms with van der Waals surface area (Å²) in [7, 11) is 2.26. The van der Waals surface area contributed by atoms with Crippen LogP contribution in [0.1, 0.15) is 40.0 Å². The van der Waals surface area contributed by atoms with Crippen molar-refractivity contribution in [3.05, 3.63) is 11.6 Å². The summed E-state index contributed by atoms with van der Waals surface area (Å²) in [4.78, 5) is 10.6. The molecule has 0 aromatic rings. The second-order valence-corrected chi connectivity index (χ2v) is 4.77. The summed E-state index contributed by atoms with van der Waals surface area (Å²) in [5.41, 5.74) is 0.458. The molecule has 0 saturated heterocycles. The Morgan fingerprint density at radius 3 is 2.06 bits per heavy atom. The molecule has 3 nitrogen and oxygen atoms in total. The minimum absolute atomic E-state index is 0.458. The van der Waals surface area contributed by atoms with Crippen LogP contribution in [0.2, 0.25) is 0 Å². The maximum Gasteiger partial charge on any atom is 0.330 e. The van der Waals surface area contributed by atoms with Crippen molar-refractivity contribution in [2.75, 3.05) is 26.7 Å². The maximum atomic E-state index is 10.6. The smallest absolute Gasteiger partial charge is 0.330 e. The van der Waals surface area contributed by atoms with Crippen LogP contribution in [0.15, 0.2) is 11.6 Å². The number of carbonyl (C=O) groups is 1. The van der Waals surface area contributed by atoms with Crippen molar-refractivity contribution in [1.29, 1.82) is 0 Å². The van der Waals surface area contributed by atoms with Gasteiger partial charge in [0, 0.05) is 12.0 Å². The van der Waals surface area contributed by atoms with E-state index in [2.05, 4.69) is 20.9 Å². The van der Waals surface area contributed by atoms with E-state index in [0.29, 0.717) is 5.57 Å². The first-order valence-electron chi connectivity index (χ1n) is 6.18. The summed E-state index contributed by atoms with van der Waals surface area (Å²) in [6.07, 6.45) is 5.05. The third kappa shape index (κ3) is 5.91. The average Bonchev–Trinajstić information content (AvgIpc) is 2.17. The molecule has 0 amide bonds. The molecule has 0 spiro atoms. The molecule has 0 unspecified atom stereocenters. The van der Waals surface area contributed by atoms with Crippen molar-refractivity contribution in [2.45, 2.75) is 40.0 Å². The minimum Gasteiger partial charge on any atom is -0.478 e. The quantitative estimate of drug-likeness (QED) is 0.512. The van der Waals surface area contributed by atoms with Crippen LogP contribution in [0.3, 0.4) is 0 Å². The van der Waals surface area contributed by atoms with Crippen LogP contribution in [0, 0.1) is 0 Å². The van der Waals surface area contributed by atoms with Gasteiger partial charge in [-0.15, -0.1) is 0 Å². The molecule has 16 heavy (non-hydrogen) atoms. The standard InChI is InChI=1S/C13H25NO2/c1-5-9-14(4,10-6-2)11-7-8-12(3)13(15)16/h8H,5-7,9-11H2,1-4H3/p+1. The molecule has 3 heteroatoms. The predicted molar refractivity (Wildman–Crippen MR) is 67.4 cm³/mol. The summed E-state index contributed by atoms with van der Waals surface area (Å²) in [6, 6.07) is 0. The highest BCUT2D eigenvalue weighted by atomic mass is 16.4. The van der Waals surface area contributed by atoms with Gasteiger partial charge in [0.1, 0.15) is 0 Å². The molecule has 0 fully saturated rings. The molecule has 0 aliphatic rings. The Balaban J connectivity index is 4.22. The van der Waals surface area contributed by atoms with E-state index in [1.807, 2.05) is 6.08 Å². The van der Waals surface area contributed by atoms with E-state index >= 15 is 0 Å². The summed E-state index contributed by atoms with van der Waals surface area (Å²) in [6.45, 7) is 9.44. The summed E-state index contributed by atoms with van der Waals surface area (Å²) in [5.74, 6) is -0.805. The molecular weight excluding hydrogens is 202 g/mol. The van der Waals surface area contributed by atoms with Crippen molar-refractivity contribution in [2.24, 2.45) is 0 Å². The molecule has 0 saturated carbocycles. The van der Waals surface area contributed by atoms with E-state index in [9.17, 15) is 4.79 Å². The van der Waals surface area contributed by atoms with Crippen LogP contribution in [-0.4, -0.2) is 42.2 Å². The highest BCUT2D eigenvalue weighted by Crippen LogP contribution is 2.08. The summed E-state index contributed by atoms with van der Waals surface area (Å²) in [5, 5.41) is 8.74. The molecule has 94 valence electrons. The molecule has 1 N–H and O–H groups in total. The molecular formula is C13H26NO2+. The Morgan fingerprint density at radius 1 is 1.19 bits per heavy atom. The Labute approximate surface area is 99.4 Å². The highest BCUT2D eigenvalue weighted by molar-refractivity contribution is 5.85. The number of carboxylic acid groups (broad SMARTS) is 1. The van der Waals surface area contributed by atoms with E-state index in [1.165, 1.54) is 25.9 Å². The van der Waals surface area contributed by atoms with Crippen molar-refractivity contribution in [1.82, 2.24) is 0 Å². The fourth-order valence-electron chi connectivity index (χ4n) is 2.10. The van der Waals surface area contributed by atoms with E-state index in [0.717, 1.165) is 17.4 Å². The lowest BCUT2D eigenvalue weighted by Crippen LogP contribution is -2.45. The van der Waals surface area contributed by atoms with Crippen LogP contribution >= 0.6 is 0 Å². The average molecular weight is 228 g/mol. The van der Waals surface area contributed by atoms with Crippen molar-refractivity contribution >= 4 is 5.97 Å². The van der Waals surface area contributed by atoms with E-state index in [1.54, 1.807) is 6.92 Å². The van der Waals surface area contributed by atoms with Gasteiger partial charge in [-0.05, 0) is 19.8 Å². The monoisotopic (exact) mass is 228 g/mol. The second-order valence-electron chi connectivity index (χ2n) is 4.77. The largest absolute Gasteiger partial charge is 0.478 e. The minimum atomic E-state index is -0.805. The highest BCUT2D eigenvalue weighted by Gasteiger charge is 2.18. The fraction of sp³-hybridized carbons (Fsp3) is 0.769. The van der Waals surface area contributed by atoms with Gasteiger partial charge in [0.2, 0.25) is 0 Å². The van der Waals surface area contributed by atoms with Crippen LogP contribution in [-0.2, 0) is 4.79 Å². The lowest BCUT2D eigenvalue weighted by atomic mass is 10.2. The van der Waals surface area contributed by atoms with Crippen LogP contribution in [0.5, 0.6) is 0 Å². The topological polar surface area (TPSA) is 37.3 Å². The van der Waals surface area contributed by atoms with Gasteiger partial charge >= 0.3 is 5.97 Å². The van der Waals surface area contributed by atoms with Gasteiger partial charge in [0.25, 0.3) is 0 Å². The second kappa shape index (κ2) is 7.44. The summed E-state index contributed by atoms with van der Waals surface area (Å²) >= 11 is 0. The number of rotatable bonds is 8. The maximum absolute atomic E-state index is 10.6. The van der Waals surface area contributed by atoms with Gasteiger partial charge in [0.05, 0.1) is 26.7 Å². The number of hydrogen-bond donors (Lipinski definition) is 1. The SMILES string of the molecule is CCC[N+](C)(CCC)CCC=C(C)C(=O)O. The zero-order valence-electron chi connectivity index (χ0n) is 11.1. The lowest BCUT2D eigenvalue weighted by Gasteiger charge is -2.34. The van der Waals surface area contributed by atoms with Crippen LogP contribution in [0.4, 0.5) is 0 Å². The zero-order valence-corrected chi connectivity index (χ0v) is 11.1. The lowest BCUT2D eigenvalue weighted by molar-refractivity contribution is -0.909. The first-order valence-corrected chi connectivity index (χ1v) is 6.18. The first kappa shape index (κ1) is 15.2. The van der Waals surface area contributed by atoms with Crippen molar-refractivity contribution < 1.29 is 14.4 Å². The Bertz CT molecular complexity index is 240. The third-order valence-electron chi connectivity index (χ3n) is 2.98. The summed E-state index contributed by atoms with van der Waals surface area (Å²) < 4.78 is 1.05. The molecule has 0 aliphatic heterocycles. The first-order chi connectivity index (χ1) is 7.45. The zero-order chi connectivity index (χ0) is 12.6. The van der Waals surface area contributed by atoms with Gasteiger partial charge in [-0.25, -0.2) is 4.79 Å². The predicted octanol–water partition coefficient (Wildman–Crippen LogP) is 2.67. The molecule has 0 heterocycles. The number of quaternary nitrogens is 1. The molecule has 0 aliphatic carbocycles. The number of hydrogen-bond acceptors (Lipinski definition) is 1. The van der Waals surface area contributed by atoms with E-state index < -0.39 is 5.97 Å². The van der Waals surface area contributed by atoms with Gasteiger partial charge in [-0.3, -0.25) is 0 Å². The third-order valence-corrected chi connectivity index (χ3v) is 2.98. The van der Waals surface area contributed by atoms with Crippen LogP contribution in [0.25, 0.3) is 0 Å². The molecule has 0 aromatic carbocycles. The molecule has 0 atom stereocenters. The fourth-order valence-corrected chi connectivity index (χ4v) is 2.10. The van der Waals surface area contributed by atoms with E-state index in [4.69, 9.17) is 5.11 Å². The van der Waals surface area contributed by atoms with E-state index in [-0.39, 0.29) is 0 Å². The van der Waals surface area contributed by atoms with Crippen molar-refractivity contribution in [3.63, 3.8) is 0 Å². The molecule has 0 bridgehead atoms. The number of nitrogens with zero attached hydrogens (tertiary/aromatic N) is 1. The van der Waals surface area contributed by atoms with Gasteiger partial charge < -0.3 is 9.59 Å². The Kier molecular flexibility index (Phi) is 7.06. The van der Waals surface area contributed by atoms with Gasteiger partial charge in [-0.2, -0.15) is 0 Å². The normalized spacial score (nSPS) is 12.9. The molecule has 0 rings (SSSR count). The Hall–Kier alpha value is -0.830. The van der Waals surface area contributed by atoms with Gasteiger partial charge in [-0.1, -0.05) is 19.9 Å². The van der Waals surface area contributed by atoms with Crippen LogP contribution < -0.4 is 0 Å². The molecule has 0 radical (unpaired) electrons. The number of carboxylic acids is 1. The number of aliphatic carboxylic acids is 1. The Morgan fingerprint density at radius 2 is 1.69 bits per heavy atom.